The number of carbonyl (C=O) groups is 1. The highest BCUT2D eigenvalue weighted by Crippen LogP contribution is 2.42. The molecule has 146 valence electrons. The molecule has 0 spiro atoms. The fourth-order valence-corrected chi connectivity index (χ4v) is 4.07. The molecular formula is C27H20O3. The van der Waals surface area contributed by atoms with Gasteiger partial charge in [0.1, 0.15) is 18.5 Å². The predicted octanol–water partition coefficient (Wildman–Crippen LogP) is 4.83. The molecule has 1 N–H and O–H groups in total. The highest BCUT2D eigenvalue weighted by Gasteiger charge is 2.39. The zero-order valence-electron chi connectivity index (χ0n) is 16.3. The van der Waals surface area contributed by atoms with Gasteiger partial charge in [0.25, 0.3) is 0 Å². The number of rotatable bonds is 3. The first-order valence-corrected chi connectivity index (χ1v) is 9.95. The first-order chi connectivity index (χ1) is 14.7. The van der Waals surface area contributed by atoms with E-state index in [4.69, 9.17) is 4.74 Å². The van der Waals surface area contributed by atoms with Crippen molar-refractivity contribution >= 4 is 16.9 Å². The van der Waals surface area contributed by atoms with Gasteiger partial charge < -0.3 is 9.84 Å². The lowest BCUT2D eigenvalue weighted by atomic mass is 9.96. The molecule has 3 heteroatoms. The summed E-state index contributed by atoms with van der Waals surface area (Å²) in [4.78, 5) is 13.2. The molecule has 2 aliphatic rings. The SMILES string of the molecule is O=C1C2=C(COc3ccccc32)C(O)/C1=C\C=C(c1ccccc1)c1ccccc1. The van der Waals surface area contributed by atoms with Crippen LogP contribution in [0.15, 0.2) is 108 Å². The summed E-state index contributed by atoms with van der Waals surface area (Å²) in [6.45, 7) is 0.227. The van der Waals surface area contributed by atoms with Crippen molar-refractivity contribution in [1.29, 1.82) is 0 Å². The van der Waals surface area contributed by atoms with Crippen LogP contribution in [0.3, 0.4) is 0 Å². The highest BCUT2D eigenvalue weighted by atomic mass is 16.5. The number of fused-ring (bicyclic) bond motifs is 2. The predicted molar refractivity (Wildman–Crippen MR) is 118 cm³/mol. The van der Waals surface area contributed by atoms with Crippen molar-refractivity contribution in [3.8, 4) is 5.75 Å². The topological polar surface area (TPSA) is 46.5 Å². The van der Waals surface area contributed by atoms with Crippen LogP contribution < -0.4 is 4.74 Å². The van der Waals surface area contributed by atoms with Crippen LogP contribution in [0.2, 0.25) is 0 Å². The third kappa shape index (κ3) is 3.10. The number of aliphatic hydroxyl groups excluding tert-OH is 1. The van der Waals surface area contributed by atoms with Crippen molar-refractivity contribution in [2.45, 2.75) is 6.10 Å². The van der Waals surface area contributed by atoms with Gasteiger partial charge in [0.05, 0.1) is 0 Å². The number of hydrogen-bond donors (Lipinski definition) is 1. The molecule has 0 amide bonds. The van der Waals surface area contributed by atoms with Crippen LogP contribution in [-0.2, 0) is 4.79 Å². The van der Waals surface area contributed by atoms with Crippen LogP contribution >= 0.6 is 0 Å². The van der Waals surface area contributed by atoms with Crippen LogP contribution in [0.1, 0.15) is 16.7 Å². The summed E-state index contributed by atoms with van der Waals surface area (Å²) in [6.07, 6.45) is 2.72. The molecular weight excluding hydrogens is 372 g/mol. The van der Waals surface area contributed by atoms with E-state index in [1.165, 1.54) is 0 Å². The van der Waals surface area contributed by atoms with E-state index in [-0.39, 0.29) is 12.4 Å². The molecule has 30 heavy (non-hydrogen) atoms. The lowest BCUT2D eigenvalue weighted by molar-refractivity contribution is -0.110. The number of ketones is 1. The van der Waals surface area contributed by atoms with Crippen molar-refractivity contribution in [2.24, 2.45) is 0 Å². The number of para-hydroxylation sites is 1. The molecule has 1 aliphatic carbocycles. The zero-order valence-corrected chi connectivity index (χ0v) is 16.3. The summed E-state index contributed by atoms with van der Waals surface area (Å²) in [5.41, 5.74) is 5.43. The molecule has 3 aromatic rings. The third-order valence-electron chi connectivity index (χ3n) is 5.57. The van der Waals surface area contributed by atoms with Gasteiger partial charge >= 0.3 is 0 Å². The second-order valence-corrected chi connectivity index (χ2v) is 7.35. The molecule has 0 bridgehead atoms. The van der Waals surface area contributed by atoms with Crippen LogP contribution in [0.4, 0.5) is 0 Å². The Morgan fingerprint density at radius 2 is 1.47 bits per heavy atom. The Hall–Kier alpha value is -3.69. The quantitative estimate of drug-likeness (QED) is 0.649. The number of benzene rings is 3. The largest absolute Gasteiger partial charge is 0.488 e. The summed E-state index contributed by atoms with van der Waals surface area (Å²) in [6, 6.07) is 27.5. The van der Waals surface area contributed by atoms with Crippen molar-refractivity contribution in [3.05, 3.63) is 125 Å². The Morgan fingerprint density at radius 3 is 2.13 bits per heavy atom. The Labute approximate surface area is 175 Å². The highest BCUT2D eigenvalue weighted by molar-refractivity contribution is 6.34. The maximum Gasteiger partial charge on any atom is 0.192 e. The van der Waals surface area contributed by atoms with E-state index in [9.17, 15) is 9.90 Å². The van der Waals surface area contributed by atoms with E-state index in [1.807, 2.05) is 91.0 Å². The number of Topliss-reactive ketones (excluding diaryl/α,β-unsaturated/α-hetero) is 1. The maximum absolute atomic E-state index is 13.2. The van der Waals surface area contributed by atoms with Crippen molar-refractivity contribution < 1.29 is 14.6 Å². The van der Waals surface area contributed by atoms with E-state index in [1.54, 1.807) is 6.08 Å². The fraction of sp³-hybridized carbons (Fsp3) is 0.0741. The molecule has 0 fully saturated rings. The molecule has 5 rings (SSSR count). The van der Waals surface area contributed by atoms with E-state index < -0.39 is 6.10 Å². The summed E-state index contributed by atoms with van der Waals surface area (Å²) < 4.78 is 5.76. The first-order valence-electron chi connectivity index (χ1n) is 9.95. The second-order valence-electron chi connectivity index (χ2n) is 7.35. The monoisotopic (exact) mass is 392 g/mol. The third-order valence-corrected chi connectivity index (χ3v) is 5.57. The van der Waals surface area contributed by atoms with Gasteiger partial charge in [-0.1, -0.05) is 91.0 Å². The molecule has 1 unspecified atom stereocenters. The number of carbonyl (C=O) groups excluding carboxylic acids is 1. The summed E-state index contributed by atoms with van der Waals surface area (Å²) >= 11 is 0. The molecule has 1 atom stereocenters. The molecule has 3 aromatic carbocycles. The minimum absolute atomic E-state index is 0.134. The molecule has 3 nitrogen and oxygen atoms in total. The molecule has 0 saturated carbocycles. The summed E-state index contributed by atoms with van der Waals surface area (Å²) in [5.74, 6) is 0.549. The second kappa shape index (κ2) is 7.62. The van der Waals surface area contributed by atoms with Gasteiger partial charge in [-0.2, -0.15) is 0 Å². The molecule has 1 heterocycles. The van der Waals surface area contributed by atoms with Gasteiger partial charge in [-0.3, -0.25) is 4.79 Å². The van der Waals surface area contributed by atoms with Gasteiger partial charge in [0.2, 0.25) is 0 Å². The van der Waals surface area contributed by atoms with Crippen LogP contribution in [0.5, 0.6) is 5.75 Å². The Balaban J connectivity index is 1.58. The Morgan fingerprint density at radius 1 is 0.867 bits per heavy atom. The van der Waals surface area contributed by atoms with Crippen LogP contribution in [0.25, 0.3) is 11.1 Å². The van der Waals surface area contributed by atoms with Crippen molar-refractivity contribution in [3.63, 3.8) is 0 Å². The molecule has 1 aliphatic heterocycles. The number of ether oxygens (including phenoxy) is 1. The van der Waals surface area contributed by atoms with E-state index in [0.29, 0.717) is 22.5 Å². The minimum Gasteiger partial charge on any atom is -0.488 e. The lowest BCUT2D eigenvalue weighted by Crippen LogP contribution is -2.17. The van der Waals surface area contributed by atoms with Crippen molar-refractivity contribution in [2.75, 3.05) is 6.61 Å². The number of aliphatic hydroxyl groups is 1. The lowest BCUT2D eigenvalue weighted by Gasteiger charge is -2.19. The van der Waals surface area contributed by atoms with Gasteiger partial charge in [0.15, 0.2) is 5.78 Å². The number of allylic oxidation sites excluding steroid dienone is 3. The van der Waals surface area contributed by atoms with Gasteiger partial charge in [-0.15, -0.1) is 0 Å². The van der Waals surface area contributed by atoms with E-state index >= 15 is 0 Å². The molecule has 0 saturated heterocycles. The van der Waals surface area contributed by atoms with Gasteiger partial charge in [-0.25, -0.2) is 0 Å². The Bertz CT molecular complexity index is 1160. The van der Waals surface area contributed by atoms with E-state index in [2.05, 4.69) is 0 Å². The molecule has 0 radical (unpaired) electrons. The zero-order chi connectivity index (χ0) is 20.5. The number of hydrogen-bond acceptors (Lipinski definition) is 3. The fourth-order valence-electron chi connectivity index (χ4n) is 4.07. The minimum atomic E-state index is -0.954. The average Bonchev–Trinajstić information content (AvgIpc) is 3.05. The summed E-state index contributed by atoms with van der Waals surface area (Å²) in [7, 11) is 0. The van der Waals surface area contributed by atoms with E-state index in [0.717, 1.165) is 22.3 Å². The van der Waals surface area contributed by atoms with Gasteiger partial charge in [-0.05, 0) is 22.8 Å². The van der Waals surface area contributed by atoms with Crippen LogP contribution in [-0.4, -0.2) is 23.6 Å². The van der Waals surface area contributed by atoms with Crippen molar-refractivity contribution in [1.82, 2.24) is 0 Å². The van der Waals surface area contributed by atoms with Crippen LogP contribution in [0, 0.1) is 0 Å². The average molecular weight is 392 g/mol. The Kier molecular flexibility index (Phi) is 4.66. The smallest absolute Gasteiger partial charge is 0.192 e. The normalized spacial score (nSPS) is 18.6. The van der Waals surface area contributed by atoms with Gasteiger partial charge in [0, 0.05) is 22.3 Å². The molecule has 0 aromatic heterocycles. The standard InChI is InChI=1S/C27H20O3/c28-26-22(27(29)25-21-13-7-8-14-24(21)30-17-23(25)26)16-15-20(18-9-3-1-4-10-18)19-11-5-2-6-12-19/h1-16,26,28H,17H2/b22-16+. The summed E-state index contributed by atoms with van der Waals surface area (Å²) in [5, 5.41) is 10.9. The first kappa shape index (κ1) is 18.3. The maximum atomic E-state index is 13.2.